The normalized spacial score (nSPS) is 15.6. The van der Waals surface area contributed by atoms with E-state index in [0.717, 1.165) is 5.56 Å². The van der Waals surface area contributed by atoms with Gasteiger partial charge in [-0.1, -0.05) is 0 Å². The number of anilines is 1. The third kappa shape index (κ3) is 2.30. The predicted octanol–water partition coefficient (Wildman–Crippen LogP) is 0.879. The second-order valence-electron chi connectivity index (χ2n) is 4.70. The van der Waals surface area contributed by atoms with E-state index in [0.29, 0.717) is 30.6 Å². The Bertz CT molecular complexity index is 499. The lowest BCUT2D eigenvalue weighted by atomic mass is 10.1. The van der Waals surface area contributed by atoms with E-state index < -0.39 is 0 Å². The maximum absolute atomic E-state index is 12.2. The number of carbonyl (C=O) groups is 2. The number of primary amides is 1. The van der Waals surface area contributed by atoms with Crippen LogP contribution in [0.3, 0.4) is 0 Å². The number of hydrogen-bond acceptors (Lipinski definition) is 3. The monoisotopic (exact) mass is 247 g/mol. The Morgan fingerprint density at radius 1 is 1.50 bits per heavy atom. The van der Waals surface area contributed by atoms with Crippen molar-refractivity contribution in [2.24, 2.45) is 5.73 Å². The molecule has 1 aromatic carbocycles. The molecule has 0 fully saturated rings. The highest BCUT2D eigenvalue weighted by Crippen LogP contribution is 2.27. The lowest BCUT2D eigenvalue weighted by Crippen LogP contribution is -2.34. The number of rotatable bonds is 4. The van der Waals surface area contributed by atoms with E-state index in [1.165, 1.54) is 0 Å². The summed E-state index contributed by atoms with van der Waals surface area (Å²) in [6, 6.07) is 5.31. The molecule has 0 aliphatic carbocycles. The van der Waals surface area contributed by atoms with Crippen molar-refractivity contribution in [3.05, 3.63) is 29.3 Å². The topological polar surface area (TPSA) is 89.4 Å². The molecule has 2 rings (SSSR count). The molecule has 2 amide bonds. The fourth-order valence-corrected chi connectivity index (χ4v) is 2.23. The fraction of sp³-hybridized carbons (Fsp3) is 0.385. The highest BCUT2D eigenvalue weighted by Gasteiger charge is 2.30. The average Bonchev–Trinajstić information content (AvgIpc) is 2.63. The van der Waals surface area contributed by atoms with Crippen LogP contribution in [0.1, 0.15) is 35.7 Å². The van der Waals surface area contributed by atoms with E-state index in [9.17, 15) is 9.59 Å². The van der Waals surface area contributed by atoms with Gasteiger partial charge in [-0.25, -0.2) is 0 Å². The van der Waals surface area contributed by atoms with Gasteiger partial charge in [-0.3, -0.25) is 9.59 Å². The molecule has 1 atom stereocenters. The summed E-state index contributed by atoms with van der Waals surface area (Å²) in [6.07, 6.45) is 0.883. The summed E-state index contributed by atoms with van der Waals surface area (Å²) in [5, 5.41) is 0. The standard InChI is InChI=1S/C13H17N3O2/c1-8(2-5-12(15)17)16-7-9-6-10(14)3-4-11(9)13(16)18/h3-4,6,8H,2,5,7,14H2,1H3,(H2,15,17). The minimum absolute atomic E-state index is 0.00127. The van der Waals surface area contributed by atoms with Crippen molar-refractivity contribution < 1.29 is 9.59 Å². The summed E-state index contributed by atoms with van der Waals surface area (Å²) in [5.74, 6) is -0.336. The molecule has 96 valence electrons. The van der Waals surface area contributed by atoms with Crippen LogP contribution >= 0.6 is 0 Å². The molecule has 0 saturated heterocycles. The minimum atomic E-state index is -0.338. The first-order valence-corrected chi connectivity index (χ1v) is 5.96. The van der Waals surface area contributed by atoms with Crippen LogP contribution in [-0.2, 0) is 11.3 Å². The second-order valence-corrected chi connectivity index (χ2v) is 4.70. The van der Waals surface area contributed by atoms with E-state index in [2.05, 4.69) is 0 Å². The summed E-state index contributed by atoms with van der Waals surface area (Å²) in [6.45, 7) is 2.48. The summed E-state index contributed by atoms with van der Waals surface area (Å²) in [4.78, 5) is 24.7. The summed E-state index contributed by atoms with van der Waals surface area (Å²) < 4.78 is 0. The van der Waals surface area contributed by atoms with E-state index in [1.54, 1.807) is 17.0 Å². The maximum atomic E-state index is 12.2. The summed E-state index contributed by atoms with van der Waals surface area (Å²) in [5.41, 5.74) is 13.1. The van der Waals surface area contributed by atoms with E-state index in [-0.39, 0.29) is 17.9 Å². The molecule has 1 unspecified atom stereocenters. The Balaban J connectivity index is 2.11. The van der Waals surface area contributed by atoms with Gasteiger partial charge in [0.1, 0.15) is 0 Å². The van der Waals surface area contributed by atoms with Crippen LogP contribution in [0.15, 0.2) is 18.2 Å². The first kappa shape index (κ1) is 12.4. The Morgan fingerprint density at radius 2 is 2.22 bits per heavy atom. The number of nitrogens with two attached hydrogens (primary N) is 2. The third-order valence-electron chi connectivity index (χ3n) is 3.30. The van der Waals surface area contributed by atoms with Gasteiger partial charge >= 0.3 is 0 Å². The number of fused-ring (bicyclic) bond motifs is 1. The number of amides is 2. The van der Waals surface area contributed by atoms with Crippen molar-refractivity contribution in [3.63, 3.8) is 0 Å². The first-order valence-electron chi connectivity index (χ1n) is 5.96. The second kappa shape index (κ2) is 4.68. The highest BCUT2D eigenvalue weighted by atomic mass is 16.2. The van der Waals surface area contributed by atoms with Crippen LogP contribution in [0, 0.1) is 0 Å². The Labute approximate surface area is 106 Å². The number of nitrogen functional groups attached to an aromatic ring is 1. The van der Waals surface area contributed by atoms with Crippen molar-refractivity contribution in [1.82, 2.24) is 4.90 Å². The van der Waals surface area contributed by atoms with Crippen LogP contribution < -0.4 is 11.5 Å². The molecular formula is C13H17N3O2. The van der Waals surface area contributed by atoms with Crippen molar-refractivity contribution in [3.8, 4) is 0 Å². The lowest BCUT2D eigenvalue weighted by molar-refractivity contribution is -0.118. The SMILES string of the molecule is CC(CCC(N)=O)N1Cc2cc(N)ccc2C1=O. The van der Waals surface area contributed by atoms with Gasteiger partial charge in [0.25, 0.3) is 5.91 Å². The molecule has 0 bridgehead atoms. The fourth-order valence-electron chi connectivity index (χ4n) is 2.23. The van der Waals surface area contributed by atoms with Crippen molar-refractivity contribution in [2.75, 3.05) is 5.73 Å². The lowest BCUT2D eigenvalue weighted by Gasteiger charge is -2.23. The van der Waals surface area contributed by atoms with Crippen LogP contribution in [0.5, 0.6) is 0 Å². The van der Waals surface area contributed by atoms with Crippen LogP contribution in [0.4, 0.5) is 5.69 Å². The van der Waals surface area contributed by atoms with Gasteiger partial charge in [-0.2, -0.15) is 0 Å². The van der Waals surface area contributed by atoms with Gasteiger partial charge in [-0.05, 0) is 37.1 Å². The zero-order chi connectivity index (χ0) is 13.3. The van der Waals surface area contributed by atoms with Crippen molar-refractivity contribution >= 4 is 17.5 Å². The number of benzene rings is 1. The van der Waals surface area contributed by atoms with Gasteiger partial charge in [0.15, 0.2) is 0 Å². The molecule has 18 heavy (non-hydrogen) atoms. The predicted molar refractivity (Wildman–Crippen MR) is 68.6 cm³/mol. The van der Waals surface area contributed by atoms with E-state index in [1.807, 2.05) is 13.0 Å². The van der Waals surface area contributed by atoms with Gasteiger partial charge in [0.05, 0.1) is 0 Å². The molecule has 0 radical (unpaired) electrons. The van der Waals surface area contributed by atoms with Gasteiger partial charge in [0, 0.05) is 30.3 Å². The van der Waals surface area contributed by atoms with Crippen molar-refractivity contribution in [1.29, 1.82) is 0 Å². The van der Waals surface area contributed by atoms with Gasteiger partial charge in [-0.15, -0.1) is 0 Å². The Morgan fingerprint density at radius 3 is 2.89 bits per heavy atom. The zero-order valence-electron chi connectivity index (χ0n) is 10.3. The quantitative estimate of drug-likeness (QED) is 0.774. The molecule has 1 aromatic rings. The van der Waals surface area contributed by atoms with Gasteiger partial charge < -0.3 is 16.4 Å². The summed E-state index contributed by atoms with van der Waals surface area (Å²) in [7, 11) is 0. The smallest absolute Gasteiger partial charge is 0.254 e. The third-order valence-corrected chi connectivity index (χ3v) is 3.30. The number of carbonyl (C=O) groups excluding carboxylic acids is 2. The van der Waals surface area contributed by atoms with E-state index >= 15 is 0 Å². The van der Waals surface area contributed by atoms with E-state index in [4.69, 9.17) is 11.5 Å². The molecule has 5 heteroatoms. The highest BCUT2D eigenvalue weighted by molar-refractivity contribution is 5.99. The number of hydrogen-bond donors (Lipinski definition) is 2. The largest absolute Gasteiger partial charge is 0.399 e. The molecule has 5 nitrogen and oxygen atoms in total. The zero-order valence-corrected chi connectivity index (χ0v) is 10.3. The number of nitrogens with zero attached hydrogens (tertiary/aromatic N) is 1. The first-order chi connectivity index (χ1) is 8.49. The van der Waals surface area contributed by atoms with Crippen molar-refractivity contribution in [2.45, 2.75) is 32.4 Å². The molecule has 1 heterocycles. The minimum Gasteiger partial charge on any atom is -0.399 e. The molecule has 1 aliphatic rings. The molecule has 0 spiro atoms. The molecule has 1 aliphatic heterocycles. The Hall–Kier alpha value is -2.04. The van der Waals surface area contributed by atoms with Crippen LogP contribution in [-0.4, -0.2) is 22.8 Å². The maximum Gasteiger partial charge on any atom is 0.254 e. The van der Waals surface area contributed by atoms with Gasteiger partial charge in [0.2, 0.25) is 5.91 Å². The van der Waals surface area contributed by atoms with Crippen LogP contribution in [0.2, 0.25) is 0 Å². The van der Waals surface area contributed by atoms with Crippen LogP contribution in [0.25, 0.3) is 0 Å². The average molecular weight is 247 g/mol. The summed E-state index contributed by atoms with van der Waals surface area (Å²) >= 11 is 0. The Kier molecular flexibility index (Phi) is 3.23. The molecule has 4 N–H and O–H groups in total. The molecular weight excluding hydrogens is 230 g/mol. The molecule has 0 saturated carbocycles. The molecule has 0 aromatic heterocycles.